The van der Waals surface area contributed by atoms with Crippen LogP contribution in [0.3, 0.4) is 0 Å². The molecule has 0 spiro atoms. The van der Waals surface area contributed by atoms with Crippen LogP contribution in [0.2, 0.25) is 5.02 Å². The Balaban J connectivity index is 2.38. The van der Waals surface area contributed by atoms with Gasteiger partial charge in [-0.2, -0.15) is 0 Å². The van der Waals surface area contributed by atoms with Gasteiger partial charge in [0.1, 0.15) is 4.90 Å². The van der Waals surface area contributed by atoms with Gasteiger partial charge in [0.15, 0.2) is 0 Å². The van der Waals surface area contributed by atoms with E-state index in [0.717, 1.165) is 6.42 Å². The SMILES string of the molecule is CC(C)OCCCCNS(=O)(=O)c1cnccc1Cl. The standard InChI is InChI=1S/C12H19ClN2O3S/c1-10(2)18-8-4-3-6-15-19(16,17)12-9-14-7-5-11(12)13/h5,7,9-10,15H,3-4,6,8H2,1-2H3. The summed E-state index contributed by atoms with van der Waals surface area (Å²) in [6.45, 7) is 4.92. The average molecular weight is 307 g/mol. The number of nitrogens with one attached hydrogen (secondary N) is 1. The molecule has 1 rings (SSSR count). The minimum absolute atomic E-state index is 0.00935. The summed E-state index contributed by atoms with van der Waals surface area (Å²) in [4.78, 5) is 3.77. The Morgan fingerprint density at radius 2 is 2.16 bits per heavy atom. The molecule has 1 aromatic heterocycles. The lowest BCUT2D eigenvalue weighted by Crippen LogP contribution is -2.25. The minimum atomic E-state index is -3.58. The molecule has 0 radical (unpaired) electrons. The normalized spacial score (nSPS) is 12.0. The van der Waals surface area contributed by atoms with E-state index in [4.69, 9.17) is 16.3 Å². The Bertz CT molecular complexity index is 492. The van der Waals surface area contributed by atoms with Crippen LogP contribution in [0.5, 0.6) is 0 Å². The fourth-order valence-electron chi connectivity index (χ4n) is 1.39. The highest BCUT2D eigenvalue weighted by Gasteiger charge is 2.16. The molecule has 0 saturated carbocycles. The molecule has 0 saturated heterocycles. The zero-order chi connectivity index (χ0) is 14.3. The van der Waals surface area contributed by atoms with Crippen molar-refractivity contribution in [3.8, 4) is 0 Å². The number of pyridine rings is 1. The summed E-state index contributed by atoms with van der Waals surface area (Å²) in [7, 11) is -3.58. The molecule has 1 heterocycles. The number of unbranched alkanes of at least 4 members (excludes halogenated alkanes) is 1. The van der Waals surface area contributed by atoms with Crippen LogP contribution in [-0.4, -0.2) is 32.7 Å². The van der Waals surface area contributed by atoms with Crippen molar-refractivity contribution < 1.29 is 13.2 Å². The number of halogens is 1. The molecule has 1 N–H and O–H groups in total. The van der Waals surface area contributed by atoms with Crippen LogP contribution in [-0.2, 0) is 14.8 Å². The molecule has 0 amide bonds. The number of sulfonamides is 1. The molecule has 5 nitrogen and oxygen atoms in total. The van der Waals surface area contributed by atoms with Gasteiger partial charge in [-0.05, 0) is 32.8 Å². The summed E-state index contributed by atoms with van der Waals surface area (Å²) in [6, 6.07) is 1.45. The van der Waals surface area contributed by atoms with Gasteiger partial charge in [0, 0.05) is 25.5 Å². The molecule has 108 valence electrons. The van der Waals surface area contributed by atoms with Gasteiger partial charge < -0.3 is 4.74 Å². The van der Waals surface area contributed by atoms with E-state index in [9.17, 15) is 8.42 Å². The second-order valence-electron chi connectivity index (χ2n) is 4.33. The lowest BCUT2D eigenvalue weighted by molar-refractivity contribution is 0.0762. The number of hydrogen-bond acceptors (Lipinski definition) is 4. The van der Waals surface area contributed by atoms with Crippen LogP contribution in [0.1, 0.15) is 26.7 Å². The largest absolute Gasteiger partial charge is 0.379 e. The second-order valence-corrected chi connectivity index (χ2v) is 6.47. The van der Waals surface area contributed by atoms with Gasteiger partial charge in [0.05, 0.1) is 11.1 Å². The van der Waals surface area contributed by atoms with E-state index >= 15 is 0 Å². The van der Waals surface area contributed by atoms with Gasteiger partial charge in [-0.15, -0.1) is 0 Å². The summed E-state index contributed by atoms with van der Waals surface area (Å²) in [6.07, 6.45) is 4.41. The fraction of sp³-hybridized carbons (Fsp3) is 0.583. The van der Waals surface area contributed by atoms with Crippen molar-refractivity contribution in [3.05, 3.63) is 23.5 Å². The first kappa shape index (κ1) is 16.4. The molecular formula is C12H19ClN2O3S. The smallest absolute Gasteiger partial charge is 0.243 e. The van der Waals surface area contributed by atoms with E-state index in [1.54, 1.807) is 0 Å². The molecule has 0 aliphatic rings. The summed E-state index contributed by atoms with van der Waals surface area (Å²) < 4.78 is 31.7. The monoisotopic (exact) mass is 306 g/mol. The van der Waals surface area contributed by atoms with Crippen molar-refractivity contribution in [3.63, 3.8) is 0 Å². The first-order valence-corrected chi connectivity index (χ1v) is 8.00. The molecule has 19 heavy (non-hydrogen) atoms. The topological polar surface area (TPSA) is 68.3 Å². The number of aromatic nitrogens is 1. The Morgan fingerprint density at radius 1 is 1.42 bits per heavy atom. The molecule has 0 unspecified atom stereocenters. The van der Waals surface area contributed by atoms with Crippen molar-refractivity contribution >= 4 is 21.6 Å². The van der Waals surface area contributed by atoms with Crippen molar-refractivity contribution in [1.82, 2.24) is 9.71 Å². The van der Waals surface area contributed by atoms with Crippen LogP contribution in [0.15, 0.2) is 23.4 Å². The van der Waals surface area contributed by atoms with E-state index in [1.165, 1.54) is 18.5 Å². The van der Waals surface area contributed by atoms with Crippen LogP contribution in [0, 0.1) is 0 Å². The Kier molecular flexibility index (Phi) is 6.71. The molecule has 0 fully saturated rings. The number of nitrogens with zero attached hydrogens (tertiary/aromatic N) is 1. The van der Waals surface area contributed by atoms with Gasteiger partial charge in [-0.25, -0.2) is 13.1 Å². The fourth-order valence-corrected chi connectivity index (χ4v) is 2.89. The van der Waals surface area contributed by atoms with Crippen LogP contribution in [0.25, 0.3) is 0 Å². The zero-order valence-electron chi connectivity index (χ0n) is 11.1. The maximum atomic E-state index is 11.9. The highest BCUT2D eigenvalue weighted by molar-refractivity contribution is 7.89. The van der Waals surface area contributed by atoms with Crippen molar-refractivity contribution in [1.29, 1.82) is 0 Å². The minimum Gasteiger partial charge on any atom is -0.379 e. The van der Waals surface area contributed by atoms with E-state index in [0.29, 0.717) is 19.6 Å². The summed E-state index contributed by atoms with van der Waals surface area (Å²) in [5, 5.41) is 0.172. The predicted molar refractivity (Wildman–Crippen MR) is 74.8 cm³/mol. The Hall–Kier alpha value is -0.690. The molecule has 0 atom stereocenters. The van der Waals surface area contributed by atoms with Crippen LogP contribution in [0.4, 0.5) is 0 Å². The molecule has 1 aromatic rings. The van der Waals surface area contributed by atoms with Crippen molar-refractivity contribution in [2.75, 3.05) is 13.2 Å². The molecular weight excluding hydrogens is 288 g/mol. The second kappa shape index (κ2) is 7.79. The van der Waals surface area contributed by atoms with Gasteiger partial charge in [-0.1, -0.05) is 11.6 Å². The molecule has 0 aliphatic heterocycles. The van der Waals surface area contributed by atoms with Gasteiger partial charge in [0.25, 0.3) is 0 Å². The molecule has 7 heteroatoms. The molecule has 0 aromatic carbocycles. The van der Waals surface area contributed by atoms with E-state index in [1.807, 2.05) is 13.8 Å². The van der Waals surface area contributed by atoms with E-state index in [-0.39, 0.29) is 16.0 Å². The summed E-state index contributed by atoms with van der Waals surface area (Å²) >= 11 is 5.83. The Morgan fingerprint density at radius 3 is 2.79 bits per heavy atom. The van der Waals surface area contributed by atoms with E-state index in [2.05, 4.69) is 9.71 Å². The maximum absolute atomic E-state index is 11.9. The van der Waals surface area contributed by atoms with Crippen molar-refractivity contribution in [2.45, 2.75) is 37.7 Å². The summed E-state index contributed by atoms with van der Waals surface area (Å²) in [5.41, 5.74) is 0. The Labute approximate surface area is 119 Å². The highest BCUT2D eigenvalue weighted by atomic mass is 35.5. The summed E-state index contributed by atoms with van der Waals surface area (Å²) in [5.74, 6) is 0. The van der Waals surface area contributed by atoms with E-state index < -0.39 is 10.0 Å². The lowest BCUT2D eigenvalue weighted by Gasteiger charge is -2.09. The highest BCUT2D eigenvalue weighted by Crippen LogP contribution is 2.18. The lowest BCUT2D eigenvalue weighted by atomic mass is 10.3. The molecule has 0 aliphatic carbocycles. The zero-order valence-corrected chi connectivity index (χ0v) is 12.7. The van der Waals surface area contributed by atoms with Crippen LogP contribution >= 0.6 is 11.6 Å². The number of ether oxygens (including phenoxy) is 1. The quantitative estimate of drug-likeness (QED) is 0.748. The van der Waals surface area contributed by atoms with Gasteiger partial charge >= 0.3 is 0 Å². The average Bonchev–Trinajstić information content (AvgIpc) is 2.33. The first-order chi connectivity index (χ1) is 8.93. The third-order valence-electron chi connectivity index (χ3n) is 2.34. The van der Waals surface area contributed by atoms with Crippen molar-refractivity contribution in [2.24, 2.45) is 0 Å². The van der Waals surface area contributed by atoms with Crippen LogP contribution < -0.4 is 4.72 Å². The number of rotatable bonds is 8. The van der Waals surface area contributed by atoms with Gasteiger partial charge in [-0.3, -0.25) is 4.98 Å². The third kappa shape index (κ3) is 5.86. The molecule has 0 bridgehead atoms. The maximum Gasteiger partial charge on any atom is 0.243 e. The predicted octanol–water partition coefficient (Wildman–Crippen LogP) is 2.22. The number of hydrogen-bond donors (Lipinski definition) is 1. The first-order valence-electron chi connectivity index (χ1n) is 6.14. The third-order valence-corrected chi connectivity index (χ3v) is 4.27. The van der Waals surface area contributed by atoms with Gasteiger partial charge in [0.2, 0.25) is 10.0 Å².